The summed E-state index contributed by atoms with van der Waals surface area (Å²) in [6, 6.07) is 0. The Morgan fingerprint density at radius 1 is 0.195 bits per heavy atom. The van der Waals surface area contributed by atoms with Gasteiger partial charge in [0.15, 0.2) is 6.10 Å². The Kier molecular flexibility index (Phi) is 70.5. The predicted octanol–water partition coefficient (Wildman–Crippen LogP) is 26.2. The van der Waals surface area contributed by atoms with Crippen LogP contribution in [0.2, 0.25) is 0 Å². The maximum Gasteiger partial charge on any atom is 0.306 e. The Labute approximate surface area is 514 Å². The number of unbranched alkanes of at least 4 members (excludes halogenated alkanes) is 61. The first-order valence-corrected chi connectivity index (χ1v) is 38.0. The molecule has 6 heteroatoms. The summed E-state index contributed by atoms with van der Waals surface area (Å²) < 4.78 is 17.0. The molecule has 0 fully saturated rings. The number of carbonyl (C=O) groups excluding carboxylic acids is 3. The van der Waals surface area contributed by atoms with E-state index in [9.17, 15) is 14.4 Å². The highest BCUT2D eigenvalue weighted by molar-refractivity contribution is 5.71. The molecule has 0 rings (SSSR count). The summed E-state index contributed by atoms with van der Waals surface area (Å²) in [4.78, 5) is 38.4. The van der Waals surface area contributed by atoms with Crippen LogP contribution in [0.25, 0.3) is 0 Å². The summed E-state index contributed by atoms with van der Waals surface area (Å²) in [7, 11) is 0. The van der Waals surface area contributed by atoms with E-state index in [4.69, 9.17) is 14.2 Å². The lowest BCUT2D eigenvalue weighted by atomic mass is 10.0. The maximum absolute atomic E-state index is 12.9. The molecule has 6 nitrogen and oxygen atoms in total. The molecular formula is C76H148O6. The van der Waals surface area contributed by atoms with Crippen LogP contribution in [0.15, 0.2) is 0 Å². The molecule has 0 aromatic heterocycles. The molecule has 0 saturated heterocycles. The van der Waals surface area contributed by atoms with E-state index in [0.717, 1.165) is 57.8 Å². The summed E-state index contributed by atoms with van der Waals surface area (Å²) in [6.45, 7) is 6.74. The van der Waals surface area contributed by atoms with Crippen LogP contribution in [0.4, 0.5) is 0 Å². The lowest BCUT2D eigenvalue weighted by Crippen LogP contribution is -2.30. The van der Waals surface area contributed by atoms with E-state index < -0.39 is 6.10 Å². The van der Waals surface area contributed by atoms with Crippen molar-refractivity contribution in [3.05, 3.63) is 0 Å². The zero-order valence-corrected chi connectivity index (χ0v) is 56.3. The molecule has 1 atom stereocenters. The molecular weight excluding hydrogens is 1010 g/mol. The average molecular weight is 1160 g/mol. The molecule has 0 amide bonds. The van der Waals surface area contributed by atoms with Gasteiger partial charge in [-0.25, -0.2) is 0 Å². The van der Waals surface area contributed by atoms with Crippen LogP contribution in [0.3, 0.4) is 0 Å². The molecule has 0 aliphatic carbocycles. The van der Waals surface area contributed by atoms with Crippen molar-refractivity contribution in [3.8, 4) is 0 Å². The number of ether oxygens (including phenoxy) is 3. The minimum atomic E-state index is -0.763. The fourth-order valence-electron chi connectivity index (χ4n) is 12.2. The summed E-state index contributed by atoms with van der Waals surface area (Å²) in [6.07, 6.45) is 86.0. The lowest BCUT2D eigenvalue weighted by molar-refractivity contribution is -0.167. The van der Waals surface area contributed by atoms with Crippen molar-refractivity contribution in [2.45, 2.75) is 457 Å². The smallest absolute Gasteiger partial charge is 0.306 e. The Morgan fingerprint density at radius 3 is 0.488 bits per heavy atom. The second-order valence-electron chi connectivity index (χ2n) is 26.3. The minimum Gasteiger partial charge on any atom is -0.462 e. The maximum atomic E-state index is 12.9. The first kappa shape index (κ1) is 80.4. The summed E-state index contributed by atoms with van der Waals surface area (Å²) >= 11 is 0. The van der Waals surface area contributed by atoms with Gasteiger partial charge in [-0.2, -0.15) is 0 Å². The van der Waals surface area contributed by atoms with Crippen LogP contribution in [-0.4, -0.2) is 37.2 Å². The number of esters is 3. The normalized spacial score (nSPS) is 11.9. The second kappa shape index (κ2) is 71.9. The van der Waals surface area contributed by atoms with Crippen LogP contribution in [0.5, 0.6) is 0 Å². The highest BCUT2D eigenvalue weighted by Crippen LogP contribution is 2.20. The van der Waals surface area contributed by atoms with Crippen LogP contribution in [-0.2, 0) is 28.6 Å². The van der Waals surface area contributed by atoms with E-state index in [-0.39, 0.29) is 31.1 Å². The first-order chi connectivity index (χ1) is 40.5. The van der Waals surface area contributed by atoms with Crippen molar-refractivity contribution >= 4 is 17.9 Å². The van der Waals surface area contributed by atoms with Crippen LogP contribution < -0.4 is 0 Å². The summed E-state index contributed by atoms with van der Waals surface area (Å²) in [5.74, 6) is -0.820. The van der Waals surface area contributed by atoms with E-state index in [1.807, 2.05) is 0 Å². The van der Waals surface area contributed by atoms with Gasteiger partial charge in [-0.05, 0) is 19.3 Å². The third-order valence-corrected chi connectivity index (χ3v) is 17.9. The Morgan fingerprint density at radius 2 is 0.329 bits per heavy atom. The van der Waals surface area contributed by atoms with Crippen molar-refractivity contribution < 1.29 is 28.6 Å². The number of rotatable bonds is 72. The van der Waals surface area contributed by atoms with Crippen molar-refractivity contribution in [3.63, 3.8) is 0 Å². The third kappa shape index (κ3) is 69.2. The molecule has 0 radical (unpaired) electrons. The van der Waals surface area contributed by atoms with Gasteiger partial charge < -0.3 is 14.2 Å². The van der Waals surface area contributed by atoms with Crippen molar-refractivity contribution in [1.29, 1.82) is 0 Å². The van der Waals surface area contributed by atoms with E-state index in [2.05, 4.69) is 20.8 Å². The summed E-state index contributed by atoms with van der Waals surface area (Å²) in [5.41, 5.74) is 0. The first-order valence-electron chi connectivity index (χ1n) is 38.0. The standard InChI is InChI=1S/C76H148O6/c1-4-7-10-13-16-19-22-25-27-29-30-31-32-33-34-35-36-37-38-39-40-41-42-43-44-45-47-48-51-54-57-60-63-66-69-75(78)81-72-73(71-80-74(77)68-65-62-59-56-53-50-24-21-18-15-12-9-6-3)82-76(79)70-67-64-61-58-55-52-49-46-28-26-23-20-17-14-11-8-5-2/h73H,4-72H2,1-3H3. The monoisotopic (exact) mass is 1160 g/mol. The van der Waals surface area contributed by atoms with E-state index in [0.29, 0.717) is 19.3 Å². The number of carbonyl (C=O) groups is 3. The van der Waals surface area contributed by atoms with Gasteiger partial charge in [0, 0.05) is 19.3 Å². The lowest BCUT2D eigenvalue weighted by Gasteiger charge is -2.18. The van der Waals surface area contributed by atoms with Crippen molar-refractivity contribution in [1.82, 2.24) is 0 Å². The van der Waals surface area contributed by atoms with Crippen molar-refractivity contribution in [2.75, 3.05) is 13.2 Å². The molecule has 0 aliphatic heterocycles. The molecule has 82 heavy (non-hydrogen) atoms. The van der Waals surface area contributed by atoms with Gasteiger partial charge in [-0.3, -0.25) is 14.4 Å². The van der Waals surface area contributed by atoms with Crippen LogP contribution in [0, 0.1) is 0 Å². The third-order valence-electron chi connectivity index (χ3n) is 17.9. The van der Waals surface area contributed by atoms with Gasteiger partial charge >= 0.3 is 17.9 Å². The van der Waals surface area contributed by atoms with E-state index >= 15 is 0 Å². The molecule has 1 unspecified atom stereocenters. The molecule has 0 aromatic rings. The number of hydrogen-bond acceptors (Lipinski definition) is 6. The van der Waals surface area contributed by atoms with Gasteiger partial charge in [0.25, 0.3) is 0 Å². The van der Waals surface area contributed by atoms with Gasteiger partial charge in [0.2, 0.25) is 0 Å². The zero-order chi connectivity index (χ0) is 59.2. The highest BCUT2D eigenvalue weighted by atomic mass is 16.6. The molecule has 0 bridgehead atoms. The molecule has 0 saturated carbocycles. The van der Waals surface area contributed by atoms with Gasteiger partial charge in [0.05, 0.1) is 0 Å². The van der Waals surface area contributed by atoms with E-state index in [1.165, 1.54) is 353 Å². The Balaban J connectivity index is 4.04. The molecule has 0 aliphatic rings. The Hall–Kier alpha value is -1.59. The molecule has 0 N–H and O–H groups in total. The molecule has 0 spiro atoms. The van der Waals surface area contributed by atoms with Gasteiger partial charge in [-0.1, -0.05) is 412 Å². The quantitative estimate of drug-likeness (QED) is 0.0343. The molecule has 0 aromatic carbocycles. The fraction of sp³-hybridized carbons (Fsp3) is 0.961. The van der Waals surface area contributed by atoms with Gasteiger partial charge in [-0.15, -0.1) is 0 Å². The largest absolute Gasteiger partial charge is 0.462 e. The number of hydrogen-bond donors (Lipinski definition) is 0. The van der Waals surface area contributed by atoms with Crippen LogP contribution in [0.1, 0.15) is 451 Å². The molecule has 0 heterocycles. The predicted molar refractivity (Wildman–Crippen MR) is 358 cm³/mol. The van der Waals surface area contributed by atoms with E-state index in [1.54, 1.807) is 0 Å². The highest BCUT2D eigenvalue weighted by Gasteiger charge is 2.20. The zero-order valence-electron chi connectivity index (χ0n) is 56.3. The van der Waals surface area contributed by atoms with Crippen LogP contribution >= 0.6 is 0 Å². The molecule has 488 valence electrons. The average Bonchev–Trinajstić information content (AvgIpc) is 3.47. The Bertz CT molecular complexity index is 1240. The van der Waals surface area contributed by atoms with Crippen molar-refractivity contribution in [2.24, 2.45) is 0 Å². The summed E-state index contributed by atoms with van der Waals surface area (Å²) in [5, 5.41) is 0. The van der Waals surface area contributed by atoms with Gasteiger partial charge in [0.1, 0.15) is 13.2 Å². The SMILES string of the molecule is CCCCCCCCCCCCCCCCCCCCCCCCCCCCCCCCCCCCC(=O)OCC(COC(=O)CCCCCCCCCCCCCCC)OC(=O)CCCCCCCCCCCCCCCCCCC. The topological polar surface area (TPSA) is 78.9 Å². The second-order valence-corrected chi connectivity index (χ2v) is 26.3. The fourth-order valence-corrected chi connectivity index (χ4v) is 12.2. The minimum absolute atomic E-state index is 0.0602.